The molecule has 84 valence electrons. The van der Waals surface area contributed by atoms with E-state index in [0.717, 1.165) is 0 Å². The summed E-state index contributed by atoms with van der Waals surface area (Å²) in [7, 11) is 0. The van der Waals surface area contributed by atoms with Gasteiger partial charge in [-0.1, -0.05) is 6.92 Å². The first-order valence-electron chi connectivity index (χ1n) is 5.02. The zero-order chi connectivity index (χ0) is 11.4. The zero-order valence-electron chi connectivity index (χ0n) is 9.23. The van der Waals surface area contributed by atoms with Crippen LogP contribution in [0.25, 0.3) is 0 Å². The minimum atomic E-state index is -0.289. The number of hydrogen-bond donors (Lipinski definition) is 0. The zero-order valence-corrected chi connectivity index (χ0v) is 9.23. The summed E-state index contributed by atoms with van der Waals surface area (Å²) < 4.78 is 10.1. The summed E-state index contributed by atoms with van der Waals surface area (Å²) in [6.07, 6.45) is 3.85. The number of carbonyl (C=O) groups is 2. The van der Waals surface area contributed by atoms with Gasteiger partial charge in [0, 0.05) is 19.8 Å². The average Bonchev–Trinajstić information content (AvgIpc) is 2.08. The molecule has 0 heterocycles. The van der Waals surface area contributed by atoms with Crippen molar-refractivity contribution in [1.82, 2.24) is 0 Å². The maximum absolute atomic E-state index is 10.8. The molecule has 1 rings (SSSR count). The molecule has 1 aliphatic carbocycles. The Labute approximate surface area is 89.2 Å². The van der Waals surface area contributed by atoms with E-state index in [9.17, 15) is 9.59 Å². The van der Waals surface area contributed by atoms with Crippen LogP contribution in [-0.2, 0) is 19.1 Å². The summed E-state index contributed by atoms with van der Waals surface area (Å²) >= 11 is 0. The molecular formula is C11H16O4. The van der Waals surface area contributed by atoms with Crippen molar-refractivity contribution >= 4 is 11.9 Å². The largest absolute Gasteiger partial charge is 0.458 e. The highest BCUT2D eigenvalue weighted by atomic mass is 16.5. The smallest absolute Gasteiger partial charge is 0.303 e. The lowest BCUT2D eigenvalue weighted by atomic mass is 9.91. The predicted octanol–water partition coefficient (Wildman–Crippen LogP) is 1.45. The normalized spacial score (nSPS) is 29.7. The van der Waals surface area contributed by atoms with Gasteiger partial charge in [-0.3, -0.25) is 9.59 Å². The highest BCUT2D eigenvalue weighted by Crippen LogP contribution is 2.23. The highest BCUT2D eigenvalue weighted by molar-refractivity contribution is 5.67. The van der Waals surface area contributed by atoms with E-state index in [1.165, 1.54) is 13.8 Å². The molecule has 0 spiro atoms. The Morgan fingerprint density at radius 2 is 1.73 bits per heavy atom. The van der Waals surface area contributed by atoms with Gasteiger partial charge in [0.05, 0.1) is 0 Å². The van der Waals surface area contributed by atoms with Gasteiger partial charge in [-0.05, 0) is 18.6 Å². The first kappa shape index (κ1) is 11.8. The summed E-state index contributed by atoms with van der Waals surface area (Å²) in [5.74, 6) is -0.409. The lowest BCUT2D eigenvalue weighted by Crippen LogP contribution is -2.31. The molecule has 0 aromatic heterocycles. The Balaban J connectivity index is 2.54. The molecule has 4 nitrogen and oxygen atoms in total. The van der Waals surface area contributed by atoms with Crippen LogP contribution in [-0.4, -0.2) is 24.1 Å². The van der Waals surface area contributed by atoms with Crippen LogP contribution < -0.4 is 0 Å². The fourth-order valence-corrected chi connectivity index (χ4v) is 1.65. The molecule has 4 heteroatoms. The van der Waals surface area contributed by atoms with E-state index in [0.29, 0.717) is 6.42 Å². The monoisotopic (exact) mass is 212 g/mol. The molecule has 0 aromatic rings. The van der Waals surface area contributed by atoms with Gasteiger partial charge in [0.1, 0.15) is 12.2 Å². The van der Waals surface area contributed by atoms with Gasteiger partial charge < -0.3 is 9.47 Å². The molecule has 0 fully saturated rings. The third-order valence-electron chi connectivity index (χ3n) is 2.30. The minimum Gasteiger partial charge on any atom is -0.458 e. The van der Waals surface area contributed by atoms with Crippen LogP contribution in [0.15, 0.2) is 12.2 Å². The van der Waals surface area contributed by atoms with Crippen molar-refractivity contribution in [3.05, 3.63) is 12.2 Å². The third kappa shape index (κ3) is 3.73. The second-order valence-corrected chi connectivity index (χ2v) is 3.82. The van der Waals surface area contributed by atoms with Crippen LogP contribution in [0, 0.1) is 5.92 Å². The first-order valence-corrected chi connectivity index (χ1v) is 5.02. The molecule has 0 bridgehead atoms. The van der Waals surface area contributed by atoms with Gasteiger partial charge in [-0.2, -0.15) is 0 Å². The van der Waals surface area contributed by atoms with Crippen molar-refractivity contribution in [2.75, 3.05) is 0 Å². The highest BCUT2D eigenvalue weighted by Gasteiger charge is 2.26. The fourth-order valence-electron chi connectivity index (χ4n) is 1.65. The van der Waals surface area contributed by atoms with Gasteiger partial charge in [0.25, 0.3) is 0 Å². The van der Waals surface area contributed by atoms with E-state index in [4.69, 9.17) is 9.47 Å². The number of carbonyl (C=O) groups excluding carboxylic acids is 2. The van der Waals surface area contributed by atoms with Gasteiger partial charge >= 0.3 is 11.9 Å². The van der Waals surface area contributed by atoms with Crippen LogP contribution in [0.3, 0.4) is 0 Å². The van der Waals surface area contributed by atoms with E-state index in [-0.39, 0.29) is 30.1 Å². The average molecular weight is 212 g/mol. The predicted molar refractivity (Wildman–Crippen MR) is 54.0 cm³/mol. The number of esters is 2. The number of hydrogen-bond acceptors (Lipinski definition) is 4. The number of rotatable bonds is 2. The molecular weight excluding hydrogens is 196 g/mol. The summed E-state index contributed by atoms with van der Waals surface area (Å²) in [5.41, 5.74) is 0. The third-order valence-corrected chi connectivity index (χ3v) is 2.30. The summed E-state index contributed by atoms with van der Waals surface area (Å²) in [4.78, 5) is 21.5. The molecule has 15 heavy (non-hydrogen) atoms. The molecule has 3 atom stereocenters. The van der Waals surface area contributed by atoms with Crippen molar-refractivity contribution < 1.29 is 19.1 Å². The molecule has 0 amide bonds. The van der Waals surface area contributed by atoms with Gasteiger partial charge in [-0.25, -0.2) is 0 Å². The summed E-state index contributed by atoms with van der Waals surface area (Å²) in [6, 6.07) is 0. The quantitative estimate of drug-likeness (QED) is 0.513. The van der Waals surface area contributed by atoms with Crippen LogP contribution in [0.5, 0.6) is 0 Å². The Morgan fingerprint density at radius 3 is 2.20 bits per heavy atom. The van der Waals surface area contributed by atoms with Gasteiger partial charge in [-0.15, -0.1) is 0 Å². The lowest BCUT2D eigenvalue weighted by molar-refractivity contribution is -0.151. The van der Waals surface area contributed by atoms with Crippen LogP contribution in [0.4, 0.5) is 0 Å². The molecule has 0 unspecified atom stereocenters. The number of ether oxygens (including phenoxy) is 2. The van der Waals surface area contributed by atoms with Crippen LogP contribution >= 0.6 is 0 Å². The molecule has 0 radical (unpaired) electrons. The summed E-state index contributed by atoms with van der Waals surface area (Å²) in [5, 5.41) is 0. The van der Waals surface area contributed by atoms with Crippen molar-refractivity contribution in [2.45, 2.75) is 39.4 Å². The van der Waals surface area contributed by atoms with Crippen molar-refractivity contribution in [1.29, 1.82) is 0 Å². The van der Waals surface area contributed by atoms with E-state index < -0.39 is 0 Å². The van der Waals surface area contributed by atoms with Crippen LogP contribution in [0.2, 0.25) is 0 Å². The first-order chi connectivity index (χ1) is 6.99. The SMILES string of the molecule is CC(=O)O[C@H]1C=C[C@H](OC(C)=O)C[C@@H]1C. The van der Waals surface area contributed by atoms with E-state index in [1.807, 2.05) is 6.92 Å². The molecule has 0 saturated carbocycles. The van der Waals surface area contributed by atoms with E-state index in [2.05, 4.69) is 0 Å². The molecule has 1 aliphatic rings. The molecule has 0 N–H and O–H groups in total. The Kier molecular flexibility index (Phi) is 3.88. The summed E-state index contributed by atoms with van der Waals surface area (Å²) in [6.45, 7) is 4.74. The maximum Gasteiger partial charge on any atom is 0.303 e. The fraction of sp³-hybridized carbons (Fsp3) is 0.636. The van der Waals surface area contributed by atoms with Crippen molar-refractivity contribution in [2.24, 2.45) is 5.92 Å². The molecule has 0 saturated heterocycles. The maximum atomic E-state index is 10.8. The van der Waals surface area contributed by atoms with E-state index >= 15 is 0 Å². The Bertz CT molecular complexity index is 282. The Hall–Kier alpha value is -1.32. The van der Waals surface area contributed by atoms with Crippen molar-refractivity contribution in [3.8, 4) is 0 Å². The van der Waals surface area contributed by atoms with Gasteiger partial charge in [0.15, 0.2) is 0 Å². The van der Waals surface area contributed by atoms with Crippen LogP contribution in [0.1, 0.15) is 27.2 Å². The standard InChI is InChI=1S/C11H16O4/c1-7-6-10(14-8(2)12)4-5-11(7)15-9(3)13/h4-5,7,10-11H,6H2,1-3H3/t7-,10-,11-/m0/s1. The van der Waals surface area contributed by atoms with Crippen molar-refractivity contribution in [3.63, 3.8) is 0 Å². The second-order valence-electron chi connectivity index (χ2n) is 3.82. The Morgan fingerprint density at radius 1 is 1.13 bits per heavy atom. The van der Waals surface area contributed by atoms with E-state index in [1.54, 1.807) is 12.2 Å². The molecule has 0 aliphatic heterocycles. The lowest BCUT2D eigenvalue weighted by Gasteiger charge is -2.28. The topological polar surface area (TPSA) is 52.6 Å². The van der Waals surface area contributed by atoms with Gasteiger partial charge in [0.2, 0.25) is 0 Å². The molecule has 0 aromatic carbocycles. The second kappa shape index (κ2) is 4.96. The minimum absolute atomic E-state index is 0.170.